The predicted molar refractivity (Wildman–Crippen MR) is 60.5 cm³/mol. The molecule has 1 aliphatic rings. The maximum atomic E-state index is 5.86. The molecule has 15 heavy (non-hydrogen) atoms. The fourth-order valence-corrected chi connectivity index (χ4v) is 2.58. The van der Waals surface area contributed by atoms with Crippen LogP contribution in [0.15, 0.2) is 22.8 Å². The van der Waals surface area contributed by atoms with Crippen molar-refractivity contribution in [2.45, 2.75) is 25.3 Å². The van der Waals surface area contributed by atoms with E-state index in [1.807, 2.05) is 6.07 Å². The fourth-order valence-electron chi connectivity index (χ4n) is 2.58. The van der Waals surface area contributed by atoms with E-state index < -0.39 is 0 Å². The van der Waals surface area contributed by atoms with Crippen molar-refractivity contribution in [1.29, 1.82) is 0 Å². The van der Waals surface area contributed by atoms with E-state index >= 15 is 0 Å². The molecule has 0 saturated carbocycles. The normalized spacial score (nSPS) is 28.9. The zero-order valence-corrected chi connectivity index (χ0v) is 9.36. The minimum absolute atomic E-state index is 0.368. The molecule has 2 atom stereocenters. The summed E-state index contributed by atoms with van der Waals surface area (Å²) >= 11 is 0. The number of nitrogens with zero attached hydrogens (tertiary/aromatic N) is 1. The van der Waals surface area contributed by atoms with Gasteiger partial charge in [0.2, 0.25) is 0 Å². The van der Waals surface area contributed by atoms with E-state index in [2.05, 4.69) is 18.0 Å². The Morgan fingerprint density at radius 3 is 3.07 bits per heavy atom. The molecule has 3 nitrogen and oxygen atoms in total. The second-order valence-electron chi connectivity index (χ2n) is 4.43. The molecule has 0 bridgehead atoms. The summed E-state index contributed by atoms with van der Waals surface area (Å²) in [5.41, 5.74) is 5.86. The number of nitrogens with two attached hydrogens (primary N) is 1. The van der Waals surface area contributed by atoms with Gasteiger partial charge in [-0.2, -0.15) is 0 Å². The summed E-state index contributed by atoms with van der Waals surface area (Å²) in [4.78, 5) is 2.38. The second kappa shape index (κ2) is 4.81. The molecular weight excluding hydrogens is 188 g/mol. The van der Waals surface area contributed by atoms with Crippen molar-refractivity contribution in [2.24, 2.45) is 11.7 Å². The van der Waals surface area contributed by atoms with Crippen LogP contribution in [0.2, 0.25) is 0 Å². The lowest BCUT2D eigenvalue weighted by molar-refractivity contribution is 0.169. The third-order valence-corrected chi connectivity index (χ3v) is 3.39. The van der Waals surface area contributed by atoms with Crippen LogP contribution in [0.1, 0.15) is 31.1 Å². The summed E-state index contributed by atoms with van der Waals surface area (Å²) in [6, 6.07) is 4.39. The predicted octanol–water partition coefficient (Wildman–Crippen LogP) is 2.01. The minimum Gasteiger partial charge on any atom is -0.468 e. The van der Waals surface area contributed by atoms with Crippen molar-refractivity contribution < 1.29 is 4.42 Å². The van der Waals surface area contributed by atoms with Gasteiger partial charge in [0.1, 0.15) is 5.76 Å². The average molecular weight is 208 g/mol. The fraction of sp³-hybridized carbons (Fsp3) is 0.667. The molecule has 84 valence electrons. The summed E-state index contributed by atoms with van der Waals surface area (Å²) in [5, 5.41) is 0. The van der Waals surface area contributed by atoms with Gasteiger partial charge in [0, 0.05) is 0 Å². The lowest BCUT2D eigenvalue weighted by Crippen LogP contribution is -2.32. The molecule has 3 heteroatoms. The molecule has 1 aliphatic heterocycles. The monoisotopic (exact) mass is 208 g/mol. The largest absolute Gasteiger partial charge is 0.468 e. The van der Waals surface area contributed by atoms with E-state index in [0.717, 1.165) is 18.8 Å². The van der Waals surface area contributed by atoms with Gasteiger partial charge in [0.05, 0.1) is 12.3 Å². The molecule has 1 aromatic heterocycles. The first kappa shape index (κ1) is 10.7. The van der Waals surface area contributed by atoms with Gasteiger partial charge in [-0.15, -0.1) is 0 Å². The molecule has 1 aromatic rings. The zero-order valence-electron chi connectivity index (χ0n) is 9.36. The second-order valence-corrected chi connectivity index (χ2v) is 4.43. The zero-order chi connectivity index (χ0) is 10.7. The number of hydrogen-bond acceptors (Lipinski definition) is 3. The van der Waals surface area contributed by atoms with Gasteiger partial charge in [-0.05, 0) is 51.0 Å². The van der Waals surface area contributed by atoms with Crippen LogP contribution in [0.5, 0.6) is 0 Å². The molecular formula is C12H20N2O. The molecule has 0 aliphatic carbocycles. The molecule has 0 amide bonds. The lowest BCUT2D eigenvalue weighted by atomic mass is 9.93. The first-order chi connectivity index (χ1) is 7.33. The Kier molecular flexibility index (Phi) is 3.44. The molecule has 0 spiro atoms. The minimum atomic E-state index is 0.368. The van der Waals surface area contributed by atoms with E-state index in [0.29, 0.717) is 12.0 Å². The van der Waals surface area contributed by atoms with Crippen LogP contribution >= 0.6 is 0 Å². The smallest absolute Gasteiger partial charge is 0.121 e. The first-order valence-corrected chi connectivity index (χ1v) is 5.76. The third-order valence-electron chi connectivity index (χ3n) is 3.39. The van der Waals surface area contributed by atoms with E-state index in [1.165, 1.54) is 19.3 Å². The highest BCUT2D eigenvalue weighted by atomic mass is 16.3. The topological polar surface area (TPSA) is 42.4 Å². The summed E-state index contributed by atoms with van der Waals surface area (Å²) in [5.74, 6) is 1.60. The highest BCUT2D eigenvalue weighted by Crippen LogP contribution is 2.33. The van der Waals surface area contributed by atoms with Crippen molar-refractivity contribution in [3.05, 3.63) is 24.2 Å². The Balaban J connectivity index is 2.22. The Labute approximate surface area is 91.2 Å². The van der Waals surface area contributed by atoms with Crippen LogP contribution in [-0.2, 0) is 0 Å². The Hall–Kier alpha value is -0.800. The Morgan fingerprint density at radius 1 is 1.53 bits per heavy atom. The summed E-state index contributed by atoms with van der Waals surface area (Å²) in [6.07, 6.45) is 5.52. The highest BCUT2D eigenvalue weighted by Gasteiger charge is 2.29. The van der Waals surface area contributed by atoms with E-state index in [1.54, 1.807) is 6.26 Å². The van der Waals surface area contributed by atoms with Gasteiger partial charge in [-0.1, -0.05) is 6.42 Å². The number of furan rings is 1. The molecule has 2 rings (SSSR count). The lowest BCUT2D eigenvalue weighted by Gasteiger charge is -2.29. The first-order valence-electron chi connectivity index (χ1n) is 5.76. The molecule has 2 heterocycles. The molecule has 2 unspecified atom stereocenters. The Bertz CT molecular complexity index is 284. The van der Waals surface area contributed by atoms with Crippen molar-refractivity contribution in [3.8, 4) is 0 Å². The standard InChI is InChI=1S/C12H20N2O/c1-14-7-3-2-5-10(9-13)12(14)11-6-4-8-15-11/h4,6,8,10,12H,2-3,5,7,9,13H2,1H3. The molecule has 2 N–H and O–H groups in total. The maximum absolute atomic E-state index is 5.86. The number of likely N-dealkylation sites (tertiary alicyclic amines) is 1. The van der Waals surface area contributed by atoms with Gasteiger partial charge in [-0.3, -0.25) is 4.90 Å². The van der Waals surface area contributed by atoms with Crippen LogP contribution in [0.3, 0.4) is 0 Å². The SMILES string of the molecule is CN1CCCCC(CN)C1c1ccco1. The quantitative estimate of drug-likeness (QED) is 0.808. The van der Waals surface area contributed by atoms with Crippen molar-refractivity contribution in [2.75, 3.05) is 20.1 Å². The Morgan fingerprint density at radius 2 is 2.40 bits per heavy atom. The third kappa shape index (κ3) is 2.24. The van der Waals surface area contributed by atoms with Crippen LogP contribution in [-0.4, -0.2) is 25.0 Å². The van der Waals surface area contributed by atoms with Gasteiger partial charge < -0.3 is 10.2 Å². The van der Waals surface area contributed by atoms with E-state index in [9.17, 15) is 0 Å². The van der Waals surface area contributed by atoms with Crippen molar-refractivity contribution >= 4 is 0 Å². The highest BCUT2D eigenvalue weighted by molar-refractivity contribution is 5.07. The summed E-state index contributed by atoms with van der Waals surface area (Å²) < 4.78 is 5.53. The summed E-state index contributed by atoms with van der Waals surface area (Å²) in [6.45, 7) is 1.89. The number of rotatable bonds is 2. The summed E-state index contributed by atoms with van der Waals surface area (Å²) in [7, 11) is 2.17. The van der Waals surface area contributed by atoms with Gasteiger partial charge in [0.25, 0.3) is 0 Å². The molecule has 1 saturated heterocycles. The van der Waals surface area contributed by atoms with Crippen molar-refractivity contribution in [1.82, 2.24) is 4.90 Å². The van der Waals surface area contributed by atoms with Crippen molar-refractivity contribution in [3.63, 3.8) is 0 Å². The molecule has 0 radical (unpaired) electrons. The van der Waals surface area contributed by atoms with Crippen LogP contribution in [0, 0.1) is 5.92 Å². The van der Waals surface area contributed by atoms with Gasteiger partial charge >= 0.3 is 0 Å². The van der Waals surface area contributed by atoms with Gasteiger partial charge in [0.15, 0.2) is 0 Å². The molecule has 1 fully saturated rings. The molecule has 0 aromatic carbocycles. The maximum Gasteiger partial charge on any atom is 0.121 e. The van der Waals surface area contributed by atoms with E-state index in [-0.39, 0.29) is 0 Å². The number of hydrogen-bond donors (Lipinski definition) is 1. The van der Waals surface area contributed by atoms with E-state index in [4.69, 9.17) is 10.2 Å². The average Bonchev–Trinajstić information content (AvgIpc) is 2.69. The van der Waals surface area contributed by atoms with Gasteiger partial charge in [-0.25, -0.2) is 0 Å². The van der Waals surface area contributed by atoms with Crippen LogP contribution in [0.4, 0.5) is 0 Å². The van der Waals surface area contributed by atoms with Crippen LogP contribution in [0.25, 0.3) is 0 Å². The van der Waals surface area contributed by atoms with Crippen LogP contribution < -0.4 is 5.73 Å².